The highest BCUT2D eigenvalue weighted by Gasteiger charge is 2.06. The van der Waals surface area contributed by atoms with Crippen LogP contribution in [0.15, 0.2) is 51.8 Å². The topological polar surface area (TPSA) is 33.5 Å². The molecule has 0 atom stereocenters. The third kappa shape index (κ3) is 6.30. The molecule has 0 aliphatic heterocycles. The molecule has 128 valence electrons. The summed E-state index contributed by atoms with van der Waals surface area (Å²) in [4.78, 5) is 14.6. The van der Waals surface area contributed by atoms with E-state index in [4.69, 9.17) is 0 Å². The van der Waals surface area contributed by atoms with Gasteiger partial charge in [-0.1, -0.05) is 40.2 Å². The highest BCUT2D eigenvalue weighted by atomic mass is 79.9. The van der Waals surface area contributed by atoms with Crippen molar-refractivity contribution in [2.24, 2.45) is 0 Å². The van der Waals surface area contributed by atoms with Crippen molar-refractivity contribution in [3.63, 3.8) is 0 Å². The van der Waals surface area contributed by atoms with Gasteiger partial charge in [-0.15, -0.1) is 11.8 Å². The number of quaternary nitrogens is 1. The van der Waals surface area contributed by atoms with Crippen LogP contribution < -0.4 is 10.2 Å². The molecule has 0 aliphatic rings. The van der Waals surface area contributed by atoms with Crippen molar-refractivity contribution >= 4 is 33.6 Å². The quantitative estimate of drug-likeness (QED) is 0.691. The second kappa shape index (κ2) is 9.25. The van der Waals surface area contributed by atoms with E-state index < -0.39 is 0 Å². The molecular formula is C19H24BrN2OS+. The zero-order valence-corrected chi connectivity index (χ0v) is 16.8. The van der Waals surface area contributed by atoms with Crippen LogP contribution in [-0.4, -0.2) is 25.8 Å². The van der Waals surface area contributed by atoms with Crippen LogP contribution in [0.2, 0.25) is 0 Å². The lowest BCUT2D eigenvalue weighted by Gasteiger charge is -2.09. The number of carbonyl (C=O) groups excluding carboxylic acids is 1. The lowest BCUT2D eigenvalue weighted by Crippen LogP contribution is -3.04. The molecular weight excluding hydrogens is 384 g/mol. The van der Waals surface area contributed by atoms with Crippen LogP contribution in [0.3, 0.4) is 0 Å². The summed E-state index contributed by atoms with van der Waals surface area (Å²) < 4.78 is 1.06. The van der Waals surface area contributed by atoms with Gasteiger partial charge in [-0.3, -0.25) is 4.79 Å². The third-order valence-electron chi connectivity index (χ3n) is 3.57. The fourth-order valence-electron chi connectivity index (χ4n) is 2.35. The van der Waals surface area contributed by atoms with E-state index in [0.29, 0.717) is 12.3 Å². The molecule has 0 radical (unpaired) electrons. The number of thioether (sulfide) groups is 1. The largest absolute Gasteiger partial charge is 0.351 e. The number of rotatable bonds is 7. The molecule has 0 heterocycles. The zero-order valence-electron chi connectivity index (χ0n) is 14.4. The molecule has 1 amide bonds. The number of aryl methyl sites for hydroxylation is 1. The normalized spacial score (nSPS) is 10.9. The minimum absolute atomic E-state index is 0.0594. The Labute approximate surface area is 157 Å². The van der Waals surface area contributed by atoms with Gasteiger partial charge in [0.25, 0.3) is 0 Å². The van der Waals surface area contributed by atoms with Crippen molar-refractivity contribution in [3.8, 4) is 0 Å². The Morgan fingerprint density at radius 3 is 2.42 bits per heavy atom. The van der Waals surface area contributed by atoms with Crippen molar-refractivity contribution < 1.29 is 9.69 Å². The van der Waals surface area contributed by atoms with E-state index in [1.54, 1.807) is 11.8 Å². The number of halogens is 1. The van der Waals surface area contributed by atoms with Crippen molar-refractivity contribution in [3.05, 3.63) is 63.6 Å². The number of benzene rings is 2. The van der Waals surface area contributed by atoms with Gasteiger partial charge in [-0.25, -0.2) is 0 Å². The van der Waals surface area contributed by atoms with Crippen LogP contribution in [0.5, 0.6) is 0 Å². The number of hydrogen-bond acceptors (Lipinski definition) is 2. The molecule has 0 bridgehead atoms. The van der Waals surface area contributed by atoms with Crippen LogP contribution in [0.4, 0.5) is 0 Å². The predicted octanol–water partition coefficient (Wildman–Crippen LogP) is 2.81. The first-order valence-corrected chi connectivity index (χ1v) is 9.74. The summed E-state index contributed by atoms with van der Waals surface area (Å²) in [7, 11) is 4.28. The fraction of sp³-hybridized carbons (Fsp3) is 0.316. The number of amides is 1. The molecule has 0 saturated carbocycles. The summed E-state index contributed by atoms with van der Waals surface area (Å²) in [5.41, 5.74) is 3.62. The maximum atomic E-state index is 12.0. The lowest BCUT2D eigenvalue weighted by atomic mass is 10.1. The molecule has 0 fully saturated rings. The van der Waals surface area contributed by atoms with Gasteiger partial charge in [-0.05, 0) is 36.2 Å². The number of hydrogen-bond donors (Lipinski definition) is 2. The van der Waals surface area contributed by atoms with Crippen LogP contribution in [0.25, 0.3) is 0 Å². The van der Waals surface area contributed by atoms with Gasteiger partial charge in [0.2, 0.25) is 5.91 Å². The van der Waals surface area contributed by atoms with Gasteiger partial charge in [-0.2, -0.15) is 0 Å². The second-order valence-electron chi connectivity index (χ2n) is 6.18. The van der Waals surface area contributed by atoms with Crippen LogP contribution in [0, 0.1) is 6.92 Å². The second-order valence-corrected chi connectivity index (χ2v) is 8.11. The first kappa shape index (κ1) is 19.0. The monoisotopic (exact) mass is 407 g/mol. The molecule has 0 aliphatic carbocycles. The minimum Gasteiger partial charge on any atom is -0.351 e. The molecule has 0 aromatic heterocycles. The highest BCUT2D eigenvalue weighted by Crippen LogP contribution is 2.25. The molecule has 2 rings (SSSR count). The van der Waals surface area contributed by atoms with Crippen LogP contribution in [-0.2, 0) is 17.9 Å². The Kier molecular flexibility index (Phi) is 7.34. The molecule has 5 heteroatoms. The van der Waals surface area contributed by atoms with E-state index in [1.165, 1.54) is 16.0 Å². The summed E-state index contributed by atoms with van der Waals surface area (Å²) >= 11 is 5.03. The van der Waals surface area contributed by atoms with E-state index in [1.807, 2.05) is 12.1 Å². The van der Waals surface area contributed by atoms with Gasteiger partial charge < -0.3 is 10.2 Å². The molecule has 3 nitrogen and oxygen atoms in total. The Balaban J connectivity index is 1.78. The predicted molar refractivity (Wildman–Crippen MR) is 104 cm³/mol. The van der Waals surface area contributed by atoms with Gasteiger partial charge in [0.05, 0.1) is 19.8 Å². The first-order valence-electron chi connectivity index (χ1n) is 7.96. The molecule has 2 aromatic carbocycles. The lowest BCUT2D eigenvalue weighted by molar-refractivity contribution is -0.872. The van der Waals surface area contributed by atoms with Gasteiger partial charge >= 0.3 is 0 Å². The molecule has 2 N–H and O–H groups in total. The molecule has 2 aromatic rings. The van der Waals surface area contributed by atoms with Crippen molar-refractivity contribution in [2.75, 3.05) is 19.8 Å². The number of nitrogens with one attached hydrogen (secondary N) is 2. The third-order valence-corrected chi connectivity index (χ3v) is 5.23. The molecule has 0 spiro atoms. The van der Waals surface area contributed by atoms with E-state index in [0.717, 1.165) is 21.5 Å². The molecule has 24 heavy (non-hydrogen) atoms. The summed E-state index contributed by atoms with van der Waals surface area (Å²) in [6.45, 7) is 3.64. The highest BCUT2D eigenvalue weighted by molar-refractivity contribution is 9.10. The Bertz CT molecular complexity index is 686. The standard InChI is InChI=1S/C19H23BrN2OS/c1-14-10-17(20)8-9-18(14)24-13-19(23)21-11-15-4-6-16(7-5-15)12-22(2)3/h4-10H,11-13H2,1-3H3,(H,21,23)/p+1. The zero-order chi connectivity index (χ0) is 17.5. The Morgan fingerprint density at radius 1 is 1.12 bits per heavy atom. The maximum absolute atomic E-state index is 12.0. The SMILES string of the molecule is Cc1cc(Br)ccc1SCC(=O)NCc1ccc(C[NH+](C)C)cc1. The van der Waals surface area contributed by atoms with Crippen molar-refractivity contribution in [1.82, 2.24) is 5.32 Å². The summed E-state index contributed by atoms with van der Waals surface area (Å²) in [6.07, 6.45) is 0. The van der Waals surface area contributed by atoms with Crippen LogP contribution in [0.1, 0.15) is 16.7 Å². The summed E-state index contributed by atoms with van der Waals surface area (Å²) in [5.74, 6) is 0.494. The van der Waals surface area contributed by atoms with Crippen molar-refractivity contribution in [1.29, 1.82) is 0 Å². The van der Waals surface area contributed by atoms with Crippen LogP contribution >= 0.6 is 27.7 Å². The van der Waals surface area contributed by atoms with Gasteiger partial charge in [0.15, 0.2) is 0 Å². The van der Waals surface area contributed by atoms with Gasteiger partial charge in [0.1, 0.15) is 6.54 Å². The van der Waals surface area contributed by atoms with Gasteiger partial charge in [0, 0.05) is 21.5 Å². The maximum Gasteiger partial charge on any atom is 0.230 e. The summed E-state index contributed by atoms with van der Waals surface area (Å²) in [5, 5.41) is 2.99. The fourth-order valence-corrected chi connectivity index (χ4v) is 3.67. The molecule has 0 unspecified atom stereocenters. The average Bonchev–Trinajstić information content (AvgIpc) is 2.53. The minimum atomic E-state index is 0.0594. The molecule has 0 saturated heterocycles. The number of carbonyl (C=O) groups is 1. The van der Waals surface area contributed by atoms with E-state index >= 15 is 0 Å². The first-order chi connectivity index (χ1) is 11.4. The van der Waals surface area contributed by atoms with Crippen molar-refractivity contribution in [2.45, 2.75) is 24.9 Å². The van der Waals surface area contributed by atoms with E-state index in [9.17, 15) is 4.79 Å². The summed E-state index contributed by atoms with van der Waals surface area (Å²) in [6, 6.07) is 14.6. The van der Waals surface area contributed by atoms with E-state index in [-0.39, 0.29) is 5.91 Å². The Hall–Kier alpha value is -1.30. The smallest absolute Gasteiger partial charge is 0.230 e. The van der Waals surface area contributed by atoms with E-state index in [2.05, 4.69) is 72.6 Å². The average molecular weight is 408 g/mol. The Morgan fingerprint density at radius 2 is 1.79 bits per heavy atom.